The molecule has 0 aliphatic heterocycles. The Morgan fingerprint density at radius 3 is 2.79 bits per heavy atom. The summed E-state index contributed by atoms with van der Waals surface area (Å²) in [4.78, 5) is 11.3. The van der Waals surface area contributed by atoms with E-state index in [-0.39, 0.29) is 24.5 Å². The van der Waals surface area contributed by atoms with Crippen molar-refractivity contribution in [2.45, 2.75) is 31.7 Å². The maximum absolute atomic E-state index is 11.3. The molecule has 3 N–H and O–H groups in total. The fraction of sp³-hybridized carbons (Fsp3) is 0.900. The fourth-order valence-corrected chi connectivity index (χ4v) is 2.03. The van der Waals surface area contributed by atoms with Crippen LogP contribution in [0.25, 0.3) is 0 Å². The highest BCUT2D eigenvalue weighted by Crippen LogP contribution is 2.23. The molecule has 0 radical (unpaired) electrons. The van der Waals surface area contributed by atoms with E-state index in [1.165, 1.54) is 6.42 Å². The molecule has 0 aromatic rings. The van der Waals surface area contributed by atoms with Gasteiger partial charge in [0.15, 0.2) is 0 Å². The third-order valence-corrected chi connectivity index (χ3v) is 2.83. The number of likely N-dealkylation sites (N-methyl/N-ethyl adjacent to an activating group) is 1. The first-order valence-electron chi connectivity index (χ1n) is 5.32. The van der Waals surface area contributed by atoms with Crippen LogP contribution in [0.2, 0.25) is 0 Å². The molecule has 2 atom stereocenters. The molecule has 1 aliphatic rings. The molecule has 1 fully saturated rings. The van der Waals surface area contributed by atoms with Crippen LogP contribution in [-0.2, 0) is 4.79 Å². The van der Waals surface area contributed by atoms with Gasteiger partial charge in [0.1, 0.15) is 0 Å². The molecule has 82 valence electrons. The predicted molar refractivity (Wildman–Crippen MR) is 54.9 cm³/mol. The van der Waals surface area contributed by atoms with Crippen LogP contribution in [0.3, 0.4) is 0 Å². The van der Waals surface area contributed by atoms with Gasteiger partial charge in [-0.25, -0.2) is 0 Å². The zero-order valence-electron chi connectivity index (χ0n) is 8.75. The van der Waals surface area contributed by atoms with E-state index in [4.69, 9.17) is 5.11 Å². The molecule has 0 saturated heterocycles. The minimum Gasteiger partial charge on any atom is -0.396 e. The summed E-state index contributed by atoms with van der Waals surface area (Å²) in [5, 5.41) is 14.9. The topological polar surface area (TPSA) is 61.4 Å². The molecule has 4 heteroatoms. The lowest BCUT2D eigenvalue weighted by atomic mass is 9.85. The van der Waals surface area contributed by atoms with Gasteiger partial charge in [-0.15, -0.1) is 0 Å². The van der Waals surface area contributed by atoms with Gasteiger partial charge in [0.2, 0.25) is 5.91 Å². The highest BCUT2D eigenvalue weighted by Gasteiger charge is 2.25. The number of hydrogen-bond acceptors (Lipinski definition) is 3. The third kappa shape index (κ3) is 3.27. The zero-order chi connectivity index (χ0) is 10.4. The van der Waals surface area contributed by atoms with Crippen LogP contribution >= 0.6 is 0 Å². The Hall–Kier alpha value is -0.610. The predicted octanol–water partition coefficient (Wildman–Crippen LogP) is -0.127. The van der Waals surface area contributed by atoms with E-state index in [9.17, 15) is 4.79 Å². The van der Waals surface area contributed by atoms with Gasteiger partial charge in [-0.2, -0.15) is 0 Å². The average Bonchev–Trinajstić information content (AvgIpc) is 2.19. The van der Waals surface area contributed by atoms with Crippen molar-refractivity contribution in [2.75, 3.05) is 20.2 Å². The average molecular weight is 200 g/mol. The molecular formula is C10H20N2O2. The second-order valence-corrected chi connectivity index (χ2v) is 3.93. The second kappa shape index (κ2) is 5.98. The van der Waals surface area contributed by atoms with Crippen LogP contribution in [0.15, 0.2) is 0 Å². The number of aliphatic hydroxyl groups is 1. The van der Waals surface area contributed by atoms with Crippen LogP contribution in [0.5, 0.6) is 0 Å². The maximum atomic E-state index is 11.3. The van der Waals surface area contributed by atoms with Gasteiger partial charge in [0.25, 0.3) is 0 Å². The number of rotatable bonds is 4. The summed E-state index contributed by atoms with van der Waals surface area (Å²) in [7, 11) is 1.75. The number of carbonyl (C=O) groups is 1. The Labute approximate surface area is 85.1 Å². The van der Waals surface area contributed by atoms with E-state index in [0.29, 0.717) is 6.54 Å². The van der Waals surface area contributed by atoms with Crippen molar-refractivity contribution in [3.05, 3.63) is 0 Å². The van der Waals surface area contributed by atoms with Gasteiger partial charge in [-0.05, 0) is 19.9 Å². The Morgan fingerprint density at radius 1 is 1.43 bits per heavy atom. The number of nitrogens with one attached hydrogen (secondary N) is 2. The third-order valence-electron chi connectivity index (χ3n) is 2.83. The first kappa shape index (κ1) is 11.5. The molecule has 0 aromatic carbocycles. The van der Waals surface area contributed by atoms with Crippen molar-refractivity contribution in [3.63, 3.8) is 0 Å². The minimum atomic E-state index is 0.0258. The van der Waals surface area contributed by atoms with E-state index in [1.807, 2.05) is 0 Å². The Bertz CT molecular complexity index is 185. The molecule has 0 aromatic heterocycles. The van der Waals surface area contributed by atoms with E-state index in [1.54, 1.807) is 7.05 Å². The van der Waals surface area contributed by atoms with Crippen molar-refractivity contribution >= 4 is 5.91 Å². The molecule has 2 unspecified atom stereocenters. The van der Waals surface area contributed by atoms with Gasteiger partial charge < -0.3 is 15.7 Å². The zero-order valence-corrected chi connectivity index (χ0v) is 8.75. The van der Waals surface area contributed by atoms with E-state index < -0.39 is 0 Å². The van der Waals surface area contributed by atoms with Crippen molar-refractivity contribution < 1.29 is 9.90 Å². The number of aliphatic hydroxyl groups excluding tert-OH is 1. The first-order valence-corrected chi connectivity index (χ1v) is 5.32. The number of hydrogen-bond donors (Lipinski definition) is 3. The smallest absolute Gasteiger partial charge is 0.234 e. The van der Waals surface area contributed by atoms with Crippen LogP contribution in [0.4, 0.5) is 0 Å². The molecule has 1 amide bonds. The summed E-state index contributed by atoms with van der Waals surface area (Å²) in [6, 6.07) is 0.176. The molecule has 1 aliphatic carbocycles. The lowest BCUT2D eigenvalue weighted by Gasteiger charge is -2.30. The summed E-state index contributed by atoms with van der Waals surface area (Å²) in [6.45, 7) is 0.541. The fourth-order valence-electron chi connectivity index (χ4n) is 2.03. The number of carbonyl (C=O) groups excluding carboxylic acids is 1. The molecule has 14 heavy (non-hydrogen) atoms. The summed E-state index contributed by atoms with van der Waals surface area (Å²) in [5.41, 5.74) is 0. The lowest BCUT2D eigenvalue weighted by molar-refractivity contribution is -0.121. The van der Waals surface area contributed by atoms with Crippen molar-refractivity contribution in [2.24, 2.45) is 5.92 Å². The van der Waals surface area contributed by atoms with Crippen molar-refractivity contribution in [1.82, 2.24) is 10.6 Å². The SMILES string of the molecule is CNCC(=O)NC1CCCCC1CO. The van der Waals surface area contributed by atoms with Crippen LogP contribution in [-0.4, -0.2) is 37.3 Å². The Morgan fingerprint density at radius 2 is 2.14 bits per heavy atom. The number of amides is 1. The summed E-state index contributed by atoms with van der Waals surface area (Å²) < 4.78 is 0. The summed E-state index contributed by atoms with van der Waals surface area (Å²) in [5.74, 6) is 0.280. The minimum absolute atomic E-state index is 0.0258. The molecule has 4 nitrogen and oxygen atoms in total. The molecule has 0 spiro atoms. The summed E-state index contributed by atoms with van der Waals surface area (Å²) in [6.07, 6.45) is 4.35. The van der Waals surface area contributed by atoms with Gasteiger partial charge >= 0.3 is 0 Å². The van der Waals surface area contributed by atoms with Crippen LogP contribution in [0, 0.1) is 5.92 Å². The first-order chi connectivity index (χ1) is 6.77. The van der Waals surface area contributed by atoms with E-state index >= 15 is 0 Å². The summed E-state index contributed by atoms with van der Waals surface area (Å²) >= 11 is 0. The van der Waals surface area contributed by atoms with Crippen molar-refractivity contribution in [1.29, 1.82) is 0 Å². The molecule has 1 saturated carbocycles. The van der Waals surface area contributed by atoms with Gasteiger partial charge in [-0.3, -0.25) is 4.79 Å². The highest BCUT2D eigenvalue weighted by atomic mass is 16.3. The largest absolute Gasteiger partial charge is 0.396 e. The van der Waals surface area contributed by atoms with Gasteiger partial charge in [-0.1, -0.05) is 12.8 Å². The molecular weight excluding hydrogens is 180 g/mol. The van der Waals surface area contributed by atoms with Crippen molar-refractivity contribution in [3.8, 4) is 0 Å². The monoisotopic (exact) mass is 200 g/mol. The molecule has 0 bridgehead atoms. The normalized spacial score (nSPS) is 27.3. The quantitative estimate of drug-likeness (QED) is 0.592. The Kier molecular flexibility index (Phi) is 4.90. The van der Waals surface area contributed by atoms with E-state index in [2.05, 4.69) is 10.6 Å². The maximum Gasteiger partial charge on any atom is 0.234 e. The van der Waals surface area contributed by atoms with Gasteiger partial charge in [0.05, 0.1) is 6.54 Å². The van der Waals surface area contributed by atoms with Crippen LogP contribution < -0.4 is 10.6 Å². The lowest BCUT2D eigenvalue weighted by Crippen LogP contribution is -2.46. The Balaban J connectivity index is 2.36. The second-order valence-electron chi connectivity index (χ2n) is 3.93. The van der Waals surface area contributed by atoms with E-state index in [0.717, 1.165) is 19.3 Å². The molecule has 0 heterocycles. The molecule has 1 rings (SSSR count). The standard InChI is InChI=1S/C10H20N2O2/c1-11-6-10(14)12-9-5-3-2-4-8(9)7-13/h8-9,11,13H,2-7H2,1H3,(H,12,14). The van der Waals surface area contributed by atoms with Gasteiger partial charge in [0, 0.05) is 18.6 Å². The highest BCUT2D eigenvalue weighted by molar-refractivity contribution is 5.78. The van der Waals surface area contributed by atoms with Crippen LogP contribution in [0.1, 0.15) is 25.7 Å².